The highest BCUT2D eigenvalue weighted by Gasteiger charge is 2.47. The average Bonchev–Trinajstić information content (AvgIpc) is 3.18. The molecule has 4 rings (SSSR count). The quantitative estimate of drug-likeness (QED) is 0.261. The molecule has 3 aromatic rings. The summed E-state index contributed by atoms with van der Waals surface area (Å²) in [6.45, 7) is 4.23. The first-order valence-corrected chi connectivity index (χ1v) is 11.7. The summed E-state index contributed by atoms with van der Waals surface area (Å²) in [5.41, 5.74) is 2.14. The number of aryl methyl sites for hydroxylation is 1. The van der Waals surface area contributed by atoms with Gasteiger partial charge in [0.15, 0.2) is 11.5 Å². The van der Waals surface area contributed by atoms with Crippen molar-refractivity contribution in [1.29, 1.82) is 0 Å². The summed E-state index contributed by atoms with van der Waals surface area (Å²) in [5, 5.41) is 11.5. The van der Waals surface area contributed by atoms with Gasteiger partial charge in [-0.05, 0) is 67.9 Å². The number of methoxy groups -OCH3 is 3. The Morgan fingerprint density at radius 2 is 1.51 bits per heavy atom. The third-order valence-electron chi connectivity index (χ3n) is 6.20. The van der Waals surface area contributed by atoms with Crippen LogP contribution in [0.1, 0.15) is 29.7 Å². The van der Waals surface area contributed by atoms with E-state index in [1.807, 2.05) is 19.9 Å². The molecule has 0 bridgehead atoms. The van der Waals surface area contributed by atoms with Crippen LogP contribution in [0.25, 0.3) is 5.76 Å². The smallest absolute Gasteiger partial charge is 0.300 e. The fourth-order valence-corrected chi connectivity index (χ4v) is 4.46. The lowest BCUT2D eigenvalue weighted by atomic mass is 9.94. The molecule has 1 N–H and O–H groups in total. The number of nitrogens with zero attached hydrogens (tertiary/aromatic N) is 1. The second-order valence-electron chi connectivity index (χ2n) is 8.41. The topological polar surface area (TPSA) is 94.5 Å². The Balaban J connectivity index is 1.97. The van der Waals surface area contributed by atoms with Gasteiger partial charge in [0.2, 0.25) is 0 Å². The van der Waals surface area contributed by atoms with Crippen molar-refractivity contribution >= 4 is 23.1 Å². The molecule has 192 valence electrons. The molecule has 8 heteroatoms. The van der Waals surface area contributed by atoms with Crippen LogP contribution in [0.15, 0.2) is 66.2 Å². The van der Waals surface area contributed by atoms with Crippen molar-refractivity contribution in [3.8, 4) is 23.0 Å². The van der Waals surface area contributed by atoms with Crippen LogP contribution in [0.3, 0.4) is 0 Å². The fraction of sp³-hybridized carbons (Fsp3) is 0.241. The number of hydrogen-bond acceptors (Lipinski definition) is 7. The molecule has 1 unspecified atom stereocenters. The minimum Gasteiger partial charge on any atom is -0.507 e. The molecule has 3 aromatic carbocycles. The van der Waals surface area contributed by atoms with Gasteiger partial charge in [-0.15, -0.1) is 0 Å². The molecular weight excluding hydrogens is 474 g/mol. The Hall–Kier alpha value is -4.46. The third kappa shape index (κ3) is 4.70. The second-order valence-corrected chi connectivity index (χ2v) is 8.41. The Morgan fingerprint density at radius 1 is 0.865 bits per heavy atom. The summed E-state index contributed by atoms with van der Waals surface area (Å²) < 4.78 is 21.8. The Labute approximate surface area is 215 Å². The third-order valence-corrected chi connectivity index (χ3v) is 6.20. The Kier molecular flexibility index (Phi) is 7.38. The largest absolute Gasteiger partial charge is 0.507 e. The summed E-state index contributed by atoms with van der Waals surface area (Å²) in [4.78, 5) is 28.3. The average molecular weight is 504 g/mol. The van der Waals surface area contributed by atoms with E-state index in [2.05, 4.69) is 0 Å². The van der Waals surface area contributed by atoms with Crippen LogP contribution in [0.5, 0.6) is 23.0 Å². The second kappa shape index (κ2) is 10.7. The number of ether oxygens (including phenoxy) is 4. The number of hydrogen-bond donors (Lipinski definition) is 1. The molecule has 0 radical (unpaired) electrons. The molecule has 1 saturated heterocycles. The zero-order valence-electron chi connectivity index (χ0n) is 21.4. The number of rotatable bonds is 8. The standard InChI is InChI=1S/C29H29NO7/c1-6-37-20-11-9-19(10-12-20)30-26(18-8-14-23(35-4)24(16-18)36-5)25(28(32)29(30)33)27(31)21-15-17(2)7-13-22(21)34-3/h7-16,26,31H,6H2,1-5H3/b27-25+. The minimum absolute atomic E-state index is 0.0602. The molecule has 1 aliphatic rings. The maximum absolute atomic E-state index is 13.5. The summed E-state index contributed by atoms with van der Waals surface area (Å²) in [7, 11) is 4.50. The van der Waals surface area contributed by atoms with Crippen molar-refractivity contribution in [3.05, 3.63) is 82.9 Å². The van der Waals surface area contributed by atoms with Crippen LogP contribution in [-0.2, 0) is 9.59 Å². The monoisotopic (exact) mass is 503 g/mol. The molecule has 1 fully saturated rings. The van der Waals surface area contributed by atoms with Crippen LogP contribution in [0, 0.1) is 6.92 Å². The number of benzene rings is 3. The van der Waals surface area contributed by atoms with Gasteiger partial charge in [-0.3, -0.25) is 14.5 Å². The number of amides is 1. The van der Waals surface area contributed by atoms with Gasteiger partial charge in [-0.1, -0.05) is 17.7 Å². The highest BCUT2D eigenvalue weighted by Crippen LogP contribution is 2.45. The van der Waals surface area contributed by atoms with Gasteiger partial charge in [0, 0.05) is 5.69 Å². The zero-order valence-corrected chi connectivity index (χ0v) is 21.4. The SMILES string of the molecule is CCOc1ccc(N2C(=O)C(=O)/C(=C(/O)c3cc(C)ccc3OC)C2c2ccc(OC)c(OC)c2)cc1. The van der Waals surface area contributed by atoms with E-state index in [0.717, 1.165) is 5.56 Å². The van der Waals surface area contributed by atoms with E-state index in [4.69, 9.17) is 18.9 Å². The lowest BCUT2D eigenvalue weighted by Gasteiger charge is -2.26. The summed E-state index contributed by atoms with van der Waals surface area (Å²) in [5.74, 6) is 0.0189. The molecular formula is C29H29NO7. The lowest BCUT2D eigenvalue weighted by molar-refractivity contribution is -0.132. The van der Waals surface area contributed by atoms with Gasteiger partial charge in [0.05, 0.1) is 45.1 Å². The molecule has 0 saturated carbocycles. The van der Waals surface area contributed by atoms with Gasteiger partial charge < -0.3 is 24.1 Å². The number of aliphatic hydroxyl groups excluding tert-OH is 1. The molecule has 1 aliphatic heterocycles. The fourth-order valence-electron chi connectivity index (χ4n) is 4.46. The Morgan fingerprint density at radius 3 is 2.14 bits per heavy atom. The molecule has 1 heterocycles. The van der Waals surface area contributed by atoms with Gasteiger partial charge in [-0.2, -0.15) is 0 Å². The van der Waals surface area contributed by atoms with E-state index < -0.39 is 17.7 Å². The van der Waals surface area contributed by atoms with E-state index in [1.54, 1.807) is 54.6 Å². The number of anilines is 1. The van der Waals surface area contributed by atoms with Crippen LogP contribution in [-0.4, -0.2) is 44.7 Å². The number of Topliss-reactive ketones (excluding diaryl/α,β-unsaturated/α-hetero) is 1. The van der Waals surface area contributed by atoms with Crippen LogP contribution < -0.4 is 23.8 Å². The van der Waals surface area contributed by atoms with Crippen molar-refractivity contribution in [2.24, 2.45) is 0 Å². The van der Waals surface area contributed by atoms with E-state index in [-0.39, 0.29) is 11.3 Å². The molecule has 0 aromatic heterocycles. The lowest BCUT2D eigenvalue weighted by Crippen LogP contribution is -2.29. The minimum atomic E-state index is -0.942. The van der Waals surface area contributed by atoms with Crippen molar-refractivity contribution < 1.29 is 33.6 Å². The summed E-state index contributed by atoms with van der Waals surface area (Å²) in [6.07, 6.45) is 0. The first kappa shape index (κ1) is 25.6. The van der Waals surface area contributed by atoms with Gasteiger partial charge >= 0.3 is 0 Å². The van der Waals surface area contributed by atoms with E-state index >= 15 is 0 Å². The van der Waals surface area contributed by atoms with E-state index in [9.17, 15) is 14.7 Å². The molecule has 0 aliphatic carbocycles. The number of ketones is 1. The number of carbonyl (C=O) groups excluding carboxylic acids is 2. The molecule has 0 spiro atoms. The summed E-state index contributed by atoms with van der Waals surface area (Å²) >= 11 is 0. The van der Waals surface area contributed by atoms with Gasteiger partial charge in [-0.25, -0.2) is 0 Å². The molecule has 37 heavy (non-hydrogen) atoms. The van der Waals surface area contributed by atoms with Crippen LogP contribution >= 0.6 is 0 Å². The van der Waals surface area contributed by atoms with Gasteiger partial charge in [0.25, 0.3) is 11.7 Å². The Bertz CT molecular complexity index is 1360. The molecule has 1 atom stereocenters. The first-order chi connectivity index (χ1) is 17.8. The number of carbonyl (C=O) groups is 2. The van der Waals surface area contributed by atoms with Crippen molar-refractivity contribution in [2.45, 2.75) is 19.9 Å². The van der Waals surface area contributed by atoms with Crippen LogP contribution in [0.2, 0.25) is 0 Å². The molecule has 8 nitrogen and oxygen atoms in total. The van der Waals surface area contributed by atoms with Gasteiger partial charge in [0.1, 0.15) is 17.3 Å². The maximum Gasteiger partial charge on any atom is 0.300 e. The molecule has 1 amide bonds. The van der Waals surface area contributed by atoms with Crippen molar-refractivity contribution in [1.82, 2.24) is 0 Å². The predicted octanol–water partition coefficient (Wildman–Crippen LogP) is 5.05. The van der Waals surface area contributed by atoms with Crippen molar-refractivity contribution in [2.75, 3.05) is 32.8 Å². The van der Waals surface area contributed by atoms with E-state index in [0.29, 0.717) is 46.4 Å². The summed E-state index contributed by atoms with van der Waals surface area (Å²) in [6, 6.07) is 16.3. The highest BCUT2D eigenvalue weighted by atomic mass is 16.5. The predicted molar refractivity (Wildman–Crippen MR) is 140 cm³/mol. The normalized spacial score (nSPS) is 16.6. The zero-order chi connectivity index (χ0) is 26.7. The maximum atomic E-state index is 13.5. The first-order valence-electron chi connectivity index (χ1n) is 11.7. The highest BCUT2D eigenvalue weighted by molar-refractivity contribution is 6.51. The van der Waals surface area contributed by atoms with E-state index in [1.165, 1.54) is 26.2 Å². The van der Waals surface area contributed by atoms with Crippen molar-refractivity contribution in [3.63, 3.8) is 0 Å². The van der Waals surface area contributed by atoms with Crippen LogP contribution in [0.4, 0.5) is 5.69 Å². The number of aliphatic hydroxyl groups is 1.